The minimum atomic E-state index is -0.371. The Labute approximate surface area is 143 Å². The quantitative estimate of drug-likeness (QED) is 0.689. The van der Waals surface area contributed by atoms with Gasteiger partial charge in [-0.05, 0) is 12.6 Å². The molecule has 6 nitrogen and oxygen atoms in total. The maximum Gasteiger partial charge on any atom is 0.241 e. The van der Waals surface area contributed by atoms with E-state index in [0.29, 0.717) is 13.1 Å². The van der Waals surface area contributed by atoms with E-state index in [1.54, 1.807) is 0 Å². The van der Waals surface area contributed by atoms with Gasteiger partial charge in [-0.25, -0.2) is 0 Å². The second kappa shape index (κ2) is 8.07. The molecule has 3 atom stereocenters. The third-order valence-corrected chi connectivity index (χ3v) is 5.11. The Kier molecular flexibility index (Phi) is 5.84. The smallest absolute Gasteiger partial charge is 0.241 e. The number of hydrogen-bond donors (Lipinski definition) is 3. The number of aliphatic hydroxyl groups excluding tert-OH is 1. The van der Waals surface area contributed by atoms with Gasteiger partial charge in [-0.3, -0.25) is 9.69 Å². The first-order chi connectivity index (χ1) is 11.6. The van der Waals surface area contributed by atoms with E-state index in [-0.39, 0.29) is 24.0 Å². The number of carbonyl (C=O) groups excluding carboxylic acids is 1. The molecule has 2 fully saturated rings. The van der Waals surface area contributed by atoms with Crippen molar-refractivity contribution in [3.05, 3.63) is 35.9 Å². The highest BCUT2D eigenvalue weighted by molar-refractivity contribution is 5.83. The number of aliphatic hydroxyl groups is 1. The highest BCUT2D eigenvalue weighted by Gasteiger charge is 2.31. The molecule has 0 bridgehead atoms. The van der Waals surface area contributed by atoms with Gasteiger partial charge in [0.15, 0.2) is 0 Å². The van der Waals surface area contributed by atoms with E-state index in [2.05, 4.69) is 27.5 Å². The zero-order valence-corrected chi connectivity index (χ0v) is 14.3. The van der Waals surface area contributed by atoms with E-state index < -0.39 is 0 Å². The lowest BCUT2D eigenvalue weighted by Gasteiger charge is -2.37. The average Bonchev–Trinajstić information content (AvgIpc) is 3.01. The molecule has 1 amide bonds. The summed E-state index contributed by atoms with van der Waals surface area (Å²) in [6, 6.07) is 9.73. The Morgan fingerprint density at radius 1 is 1.25 bits per heavy atom. The Morgan fingerprint density at radius 2 is 1.96 bits per heavy atom. The number of carbonyl (C=O) groups is 1. The van der Waals surface area contributed by atoms with Gasteiger partial charge in [0.2, 0.25) is 5.91 Å². The Bertz CT molecular complexity index is 531. The van der Waals surface area contributed by atoms with Crippen LogP contribution in [0.3, 0.4) is 0 Å². The van der Waals surface area contributed by atoms with Gasteiger partial charge < -0.3 is 20.6 Å². The number of likely N-dealkylation sites (N-methyl/N-ethyl adjacent to an activating group) is 1. The average molecular weight is 332 g/mol. The lowest BCUT2D eigenvalue weighted by atomic mass is 10.0. The molecule has 2 saturated heterocycles. The summed E-state index contributed by atoms with van der Waals surface area (Å²) in [4.78, 5) is 17.5. The first-order valence-electron chi connectivity index (χ1n) is 8.79. The summed E-state index contributed by atoms with van der Waals surface area (Å²) >= 11 is 0. The number of rotatable bonds is 5. The number of hydrogen-bond acceptors (Lipinski definition) is 5. The summed E-state index contributed by atoms with van der Waals surface area (Å²) in [5.41, 5.74) is 1.03. The predicted molar refractivity (Wildman–Crippen MR) is 93.6 cm³/mol. The molecule has 0 saturated carbocycles. The molecule has 24 heavy (non-hydrogen) atoms. The highest BCUT2D eigenvalue weighted by Crippen LogP contribution is 2.22. The lowest BCUT2D eigenvalue weighted by Crippen LogP contribution is -2.50. The third-order valence-electron chi connectivity index (χ3n) is 5.11. The molecule has 6 heteroatoms. The molecule has 3 unspecified atom stereocenters. The van der Waals surface area contributed by atoms with Crippen molar-refractivity contribution in [3.63, 3.8) is 0 Å². The molecule has 0 radical (unpaired) electrons. The van der Waals surface area contributed by atoms with Crippen molar-refractivity contribution in [2.75, 3.05) is 52.9 Å². The van der Waals surface area contributed by atoms with Gasteiger partial charge in [0.25, 0.3) is 0 Å². The first-order valence-corrected chi connectivity index (χ1v) is 8.79. The summed E-state index contributed by atoms with van der Waals surface area (Å²) in [6.07, 6.45) is -0.371. The van der Waals surface area contributed by atoms with Crippen LogP contribution in [0.4, 0.5) is 0 Å². The molecule has 1 aromatic rings. The van der Waals surface area contributed by atoms with Crippen LogP contribution in [0.25, 0.3) is 0 Å². The van der Waals surface area contributed by atoms with Crippen LogP contribution in [-0.4, -0.2) is 79.8 Å². The number of piperazine rings is 1. The molecule has 3 N–H and O–H groups in total. The second-order valence-corrected chi connectivity index (χ2v) is 6.88. The van der Waals surface area contributed by atoms with E-state index in [9.17, 15) is 9.90 Å². The maximum atomic E-state index is 12.9. The van der Waals surface area contributed by atoms with E-state index in [1.165, 1.54) is 0 Å². The fraction of sp³-hybridized carbons (Fsp3) is 0.611. The fourth-order valence-corrected chi connectivity index (χ4v) is 3.50. The molecular formula is C18H28N4O2. The minimum Gasteiger partial charge on any atom is -0.391 e. The maximum absolute atomic E-state index is 12.9. The Balaban J connectivity index is 1.68. The molecule has 0 aliphatic carbocycles. The van der Waals surface area contributed by atoms with E-state index in [4.69, 9.17) is 0 Å². The second-order valence-electron chi connectivity index (χ2n) is 6.88. The fourth-order valence-electron chi connectivity index (χ4n) is 3.50. The van der Waals surface area contributed by atoms with Crippen LogP contribution in [0, 0.1) is 5.92 Å². The summed E-state index contributed by atoms with van der Waals surface area (Å²) in [7, 11) is 2.11. The largest absolute Gasteiger partial charge is 0.391 e. The van der Waals surface area contributed by atoms with Gasteiger partial charge in [0.05, 0.1) is 6.10 Å². The zero-order valence-electron chi connectivity index (χ0n) is 14.3. The molecule has 0 aromatic heterocycles. The summed E-state index contributed by atoms with van der Waals surface area (Å²) in [6.45, 7) is 5.61. The van der Waals surface area contributed by atoms with Crippen LogP contribution >= 0.6 is 0 Å². The first kappa shape index (κ1) is 17.4. The molecule has 2 heterocycles. The van der Waals surface area contributed by atoms with Crippen molar-refractivity contribution in [1.82, 2.24) is 20.4 Å². The van der Waals surface area contributed by atoms with Crippen LogP contribution in [-0.2, 0) is 4.79 Å². The normalized spacial score (nSPS) is 27.1. The van der Waals surface area contributed by atoms with Gasteiger partial charge in [0, 0.05) is 51.7 Å². The van der Waals surface area contributed by atoms with Crippen molar-refractivity contribution >= 4 is 5.91 Å². The summed E-state index contributed by atoms with van der Waals surface area (Å²) < 4.78 is 0. The molecular weight excluding hydrogens is 304 g/mol. The highest BCUT2D eigenvalue weighted by atomic mass is 16.3. The molecule has 3 rings (SSSR count). The summed E-state index contributed by atoms with van der Waals surface area (Å²) in [5.74, 6) is 0.128. The van der Waals surface area contributed by atoms with Gasteiger partial charge in [0.1, 0.15) is 6.04 Å². The van der Waals surface area contributed by atoms with Crippen molar-refractivity contribution in [2.24, 2.45) is 5.92 Å². The van der Waals surface area contributed by atoms with E-state index in [1.807, 2.05) is 30.3 Å². The third kappa shape index (κ3) is 4.13. The van der Waals surface area contributed by atoms with Crippen molar-refractivity contribution in [1.29, 1.82) is 0 Å². The number of benzene rings is 1. The Hall–Kier alpha value is -1.47. The van der Waals surface area contributed by atoms with Gasteiger partial charge in [-0.2, -0.15) is 0 Å². The minimum absolute atomic E-state index is 0.0323. The molecule has 0 spiro atoms. The molecule has 2 aliphatic heterocycles. The van der Waals surface area contributed by atoms with Gasteiger partial charge in [-0.1, -0.05) is 30.3 Å². The zero-order chi connectivity index (χ0) is 16.9. The number of nitrogens with zero attached hydrogens (tertiary/aromatic N) is 2. The van der Waals surface area contributed by atoms with Crippen LogP contribution in [0.15, 0.2) is 30.3 Å². The topological polar surface area (TPSA) is 67.8 Å². The van der Waals surface area contributed by atoms with Crippen LogP contribution < -0.4 is 10.6 Å². The van der Waals surface area contributed by atoms with Gasteiger partial charge in [-0.15, -0.1) is 0 Å². The standard InChI is InChI=1S/C18H28N4O2/c1-21-7-9-22(10-8-21)17(14-5-3-2-4-6-14)18(24)20-12-15-11-19-13-16(15)23/h2-6,15-17,19,23H,7-13H2,1H3,(H,20,24). The van der Waals surface area contributed by atoms with Crippen molar-refractivity contribution in [2.45, 2.75) is 12.1 Å². The van der Waals surface area contributed by atoms with Crippen molar-refractivity contribution in [3.8, 4) is 0 Å². The van der Waals surface area contributed by atoms with E-state index in [0.717, 1.165) is 38.3 Å². The van der Waals surface area contributed by atoms with Crippen molar-refractivity contribution < 1.29 is 9.90 Å². The number of amides is 1. The lowest BCUT2D eigenvalue weighted by molar-refractivity contribution is -0.127. The molecule has 132 valence electrons. The number of β-amino-alcohol motifs (C(OH)–C–C–N with tert-alkyl or cyclic N) is 1. The monoisotopic (exact) mass is 332 g/mol. The van der Waals surface area contributed by atoms with Crippen LogP contribution in [0.2, 0.25) is 0 Å². The SMILES string of the molecule is CN1CCN(C(C(=O)NCC2CNCC2O)c2ccccc2)CC1. The Morgan fingerprint density at radius 3 is 2.58 bits per heavy atom. The molecule has 2 aliphatic rings. The van der Waals surface area contributed by atoms with E-state index >= 15 is 0 Å². The number of nitrogens with one attached hydrogen (secondary N) is 2. The van der Waals surface area contributed by atoms with Gasteiger partial charge >= 0.3 is 0 Å². The van der Waals surface area contributed by atoms with Crippen LogP contribution in [0.1, 0.15) is 11.6 Å². The summed E-state index contributed by atoms with van der Waals surface area (Å²) in [5, 5.41) is 16.1. The molecule has 1 aromatic carbocycles. The predicted octanol–water partition coefficient (Wildman–Crippen LogP) is -0.328. The van der Waals surface area contributed by atoms with Crippen LogP contribution in [0.5, 0.6) is 0 Å².